The van der Waals surface area contributed by atoms with E-state index in [4.69, 9.17) is 5.11 Å². The van der Waals surface area contributed by atoms with Crippen LogP contribution < -0.4 is 0 Å². The second-order valence-electron chi connectivity index (χ2n) is 4.86. The van der Waals surface area contributed by atoms with Crippen molar-refractivity contribution in [2.75, 3.05) is 0 Å². The standard InChI is InChI=1S/C15H18O2/c1-10-6-7-13(8-11(10)2)14(9-15(16)17)12-4-3-5-12/h6-9,12H,3-5H2,1-2H3,(H,16,17)/b14-9+. The lowest BCUT2D eigenvalue weighted by atomic mass is 9.76. The van der Waals surface area contributed by atoms with Crippen molar-refractivity contribution in [2.45, 2.75) is 33.1 Å². The van der Waals surface area contributed by atoms with E-state index in [1.807, 2.05) is 6.07 Å². The smallest absolute Gasteiger partial charge is 0.328 e. The molecule has 1 fully saturated rings. The summed E-state index contributed by atoms with van der Waals surface area (Å²) >= 11 is 0. The molecule has 0 bridgehead atoms. The summed E-state index contributed by atoms with van der Waals surface area (Å²) in [5, 5.41) is 8.96. The Labute approximate surface area is 102 Å². The van der Waals surface area contributed by atoms with Crippen LogP contribution in [0.3, 0.4) is 0 Å². The maximum Gasteiger partial charge on any atom is 0.328 e. The van der Waals surface area contributed by atoms with Gasteiger partial charge in [-0.2, -0.15) is 0 Å². The second-order valence-corrected chi connectivity index (χ2v) is 4.86. The van der Waals surface area contributed by atoms with Gasteiger partial charge in [0.1, 0.15) is 0 Å². The van der Waals surface area contributed by atoms with Crippen molar-refractivity contribution in [1.82, 2.24) is 0 Å². The number of hydrogen-bond acceptors (Lipinski definition) is 1. The second kappa shape index (κ2) is 4.74. The van der Waals surface area contributed by atoms with E-state index < -0.39 is 5.97 Å². The number of aliphatic carboxylic acids is 1. The van der Waals surface area contributed by atoms with Gasteiger partial charge in [-0.25, -0.2) is 4.79 Å². The van der Waals surface area contributed by atoms with Crippen LogP contribution in [-0.2, 0) is 4.79 Å². The predicted octanol–water partition coefficient (Wildman–Crippen LogP) is 3.57. The highest BCUT2D eigenvalue weighted by molar-refractivity contribution is 5.90. The molecule has 2 rings (SSSR count). The Balaban J connectivity index is 2.37. The molecule has 0 unspecified atom stereocenters. The first-order valence-electron chi connectivity index (χ1n) is 6.10. The lowest BCUT2D eigenvalue weighted by Gasteiger charge is -2.28. The molecule has 0 radical (unpaired) electrons. The third-order valence-corrected chi connectivity index (χ3v) is 3.66. The number of carboxylic acids is 1. The van der Waals surface area contributed by atoms with E-state index in [-0.39, 0.29) is 0 Å². The average Bonchev–Trinajstić information content (AvgIpc) is 2.18. The van der Waals surface area contributed by atoms with Gasteiger partial charge in [-0.15, -0.1) is 0 Å². The van der Waals surface area contributed by atoms with Gasteiger partial charge in [0, 0.05) is 6.08 Å². The van der Waals surface area contributed by atoms with Crippen LogP contribution in [0.5, 0.6) is 0 Å². The first-order chi connectivity index (χ1) is 8.08. The van der Waals surface area contributed by atoms with E-state index in [0.717, 1.165) is 24.0 Å². The molecule has 1 aliphatic rings. The van der Waals surface area contributed by atoms with Gasteiger partial charge in [0.2, 0.25) is 0 Å². The normalized spacial score (nSPS) is 16.7. The fourth-order valence-corrected chi connectivity index (χ4v) is 2.21. The van der Waals surface area contributed by atoms with Crippen LogP contribution in [0.15, 0.2) is 24.3 Å². The van der Waals surface area contributed by atoms with Gasteiger partial charge in [0.25, 0.3) is 0 Å². The van der Waals surface area contributed by atoms with Gasteiger partial charge < -0.3 is 5.11 Å². The summed E-state index contributed by atoms with van der Waals surface area (Å²) in [7, 11) is 0. The zero-order chi connectivity index (χ0) is 12.4. The van der Waals surface area contributed by atoms with Gasteiger partial charge in [-0.3, -0.25) is 0 Å². The molecule has 1 N–H and O–H groups in total. The molecule has 0 spiro atoms. The topological polar surface area (TPSA) is 37.3 Å². The summed E-state index contributed by atoms with van der Waals surface area (Å²) in [5.74, 6) is -0.404. The molecule has 0 amide bonds. The van der Waals surface area contributed by atoms with Gasteiger partial charge >= 0.3 is 5.97 Å². The highest BCUT2D eigenvalue weighted by atomic mass is 16.4. The quantitative estimate of drug-likeness (QED) is 0.806. The van der Waals surface area contributed by atoms with Gasteiger partial charge in [0.05, 0.1) is 0 Å². The van der Waals surface area contributed by atoms with Crippen molar-refractivity contribution in [3.05, 3.63) is 41.0 Å². The third-order valence-electron chi connectivity index (χ3n) is 3.66. The van der Waals surface area contributed by atoms with Crippen molar-refractivity contribution in [3.8, 4) is 0 Å². The highest BCUT2D eigenvalue weighted by Gasteiger charge is 2.23. The van der Waals surface area contributed by atoms with Crippen molar-refractivity contribution in [2.24, 2.45) is 5.92 Å². The molecule has 0 saturated heterocycles. The Kier molecular flexibility index (Phi) is 3.32. The third kappa shape index (κ3) is 2.57. The largest absolute Gasteiger partial charge is 0.478 e. The number of rotatable bonds is 3. The van der Waals surface area contributed by atoms with Crippen LogP contribution in [0, 0.1) is 19.8 Å². The summed E-state index contributed by atoms with van der Waals surface area (Å²) in [6.45, 7) is 4.14. The summed E-state index contributed by atoms with van der Waals surface area (Å²) in [4.78, 5) is 10.9. The van der Waals surface area contributed by atoms with Crippen LogP contribution in [-0.4, -0.2) is 11.1 Å². The number of allylic oxidation sites excluding steroid dienone is 1. The molecule has 1 aliphatic carbocycles. The van der Waals surface area contributed by atoms with E-state index in [2.05, 4.69) is 26.0 Å². The van der Waals surface area contributed by atoms with Gasteiger partial charge in [-0.1, -0.05) is 24.6 Å². The van der Waals surface area contributed by atoms with Crippen molar-refractivity contribution < 1.29 is 9.90 Å². The molecule has 0 heterocycles. The molecule has 2 nitrogen and oxygen atoms in total. The maximum absolute atomic E-state index is 10.9. The van der Waals surface area contributed by atoms with Crippen molar-refractivity contribution >= 4 is 11.5 Å². The van der Waals surface area contributed by atoms with Gasteiger partial charge in [0.15, 0.2) is 0 Å². The maximum atomic E-state index is 10.9. The number of benzene rings is 1. The van der Waals surface area contributed by atoms with E-state index in [1.54, 1.807) is 0 Å². The van der Waals surface area contributed by atoms with Gasteiger partial charge in [-0.05, 0) is 54.9 Å². The zero-order valence-corrected chi connectivity index (χ0v) is 10.4. The Bertz CT molecular complexity index is 468. The number of carbonyl (C=O) groups is 1. The molecule has 17 heavy (non-hydrogen) atoms. The SMILES string of the molecule is Cc1ccc(/C(=C/C(=O)O)C2CCC2)cc1C. The molecule has 0 aliphatic heterocycles. The van der Waals surface area contributed by atoms with Crippen molar-refractivity contribution in [3.63, 3.8) is 0 Å². The summed E-state index contributed by atoms with van der Waals surface area (Å²) in [6.07, 6.45) is 4.83. The minimum absolute atomic E-state index is 0.438. The number of aryl methyl sites for hydroxylation is 2. The van der Waals surface area contributed by atoms with Crippen LogP contribution in [0.1, 0.15) is 36.0 Å². The van der Waals surface area contributed by atoms with Crippen LogP contribution in [0.2, 0.25) is 0 Å². The molecule has 90 valence electrons. The number of hydrogen-bond donors (Lipinski definition) is 1. The summed E-state index contributed by atoms with van der Waals surface area (Å²) in [5.41, 5.74) is 4.53. The molecule has 1 saturated carbocycles. The van der Waals surface area contributed by atoms with E-state index in [1.165, 1.54) is 23.6 Å². The first kappa shape index (κ1) is 11.9. The fourth-order valence-electron chi connectivity index (χ4n) is 2.21. The molecule has 2 heteroatoms. The van der Waals surface area contributed by atoms with E-state index in [0.29, 0.717) is 5.92 Å². The number of carboxylic acid groups (broad SMARTS) is 1. The lowest BCUT2D eigenvalue weighted by molar-refractivity contribution is -0.131. The van der Waals surface area contributed by atoms with E-state index in [9.17, 15) is 4.79 Å². The molecular formula is C15H18O2. The Morgan fingerprint density at radius 2 is 2.00 bits per heavy atom. The Morgan fingerprint density at radius 3 is 2.47 bits per heavy atom. The highest BCUT2D eigenvalue weighted by Crippen LogP contribution is 2.38. The molecule has 1 aromatic carbocycles. The first-order valence-corrected chi connectivity index (χ1v) is 6.10. The Morgan fingerprint density at radius 1 is 1.29 bits per heavy atom. The lowest BCUT2D eigenvalue weighted by Crippen LogP contribution is -2.14. The fraction of sp³-hybridized carbons (Fsp3) is 0.400. The molecule has 0 atom stereocenters. The molecular weight excluding hydrogens is 212 g/mol. The summed E-state index contributed by atoms with van der Waals surface area (Å²) < 4.78 is 0. The summed E-state index contributed by atoms with van der Waals surface area (Å²) in [6, 6.07) is 6.21. The zero-order valence-electron chi connectivity index (χ0n) is 10.4. The van der Waals surface area contributed by atoms with Crippen LogP contribution in [0.25, 0.3) is 5.57 Å². The predicted molar refractivity (Wildman–Crippen MR) is 68.9 cm³/mol. The minimum Gasteiger partial charge on any atom is -0.478 e. The van der Waals surface area contributed by atoms with Crippen molar-refractivity contribution in [1.29, 1.82) is 0 Å². The van der Waals surface area contributed by atoms with Crippen LogP contribution >= 0.6 is 0 Å². The minimum atomic E-state index is -0.842. The van der Waals surface area contributed by atoms with E-state index >= 15 is 0 Å². The Hall–Kier alpha value is -1.57. The average molecular weight is 230 g/mol. The monoisotopic (exact) mass is 230 g/mol. The van der Waals surface area contributed by atoms with Crippen LogP contribution in [0.4, 0.5) is 0 Å². The molecule has 1 aromatic rings. The molecule has 0 aromatic heterocycles.